The Kier molecular flexibility index (Phi) is 4.77. The largest absolute Gasteiger partial charge is 0.382 e. The molecule has 0 saturated heterocycles. The Morgan fingerprint density at radius 3 is 2.67 bits per heavy atom. The predicted molar refractivity (Wildman–Crippen MR) is 105 cm³/mol. The number of aromatic nitrogens is 5. The van der Waals surface area contributed by atoms with Gasteiger partial charge in [-0.05, 0) is 47.5 Å². The molecule has 0 amide bonds. The van der Waals surface area contributed by atoms with Gasteiger partial charge in [0.2, 0.25) is 5.16 Å². The van der Waals surface area contributed by atoms with Gasteiger partial charge in [-0.25, -0.2) is 9.97 Å². The third kappa shape index (κ3) is 3.50. The molecule has 3 aromatic heterocycles. The number of rotatable bonds is 4. The lowest BCUT2D eigenvalue weighted by atomic mass is 10.3. The van der Waals surface area contributed by atoms with Crippen molar-refractivity contribution in [3.8, 4) is 22.5 Å². The second-order valence-electron chi connectivity index (χ2n) is 5.26. The number of benzene rings is 1. The maximum Gasteiger partial charge on any atom is 0.203 e. The first-order chi connectivity index (χ1) is 13.2. The number of anilines is 1. The van der Waals surface area contributed by atoms with Gasteiger partial charge in [0.1, 0.15) is 17.5 Å². The number of nitriles is 1. The Bertz CT molecular complexity index is 1130. The first kappa shape index (κ1) is 17.5. The van der Waals surface area contributed by atoms with Gasteiger partial charge in [-0.15, -0.1) is 21.5 Å². The van der Waals surface area contributed by atoms with Gasteiger partial charge >= 0.3 is 0 Å². The molecule has 0 aliphatic heterocycles. The van der Waals surface area contributed by atoms with Crippen molar-refractivity contribution >= 4 is 40.5 Å². The maximum absolute atomic E-state index is 8.97. The van der Waals surface area contributed by atoms with Crippen LogP contribution in [0.2, 0.25) is 5.02 Å². The number of halogens is 1. The van der Waals surface area contributed by atoms with E-state index in [0.29, 0.717) is 21.2 Å². The fourth-order valence-electron chi connectivity index (χ4n) is 2.32. The monoisotopic (exact) mass is 411 g/mol. The Labute approximate surface area is 167 Å². The van der Waals surface area contributed by atoms with Crippen LogP contribution in [0.3, 0.4) is 0 Å². The number of nitrogens with zero attached hydrogens (tertiary/aromatic N) is 6. The minimum atomic E-state index is 0.131. The van der Waals surface area contributed by atoms with E-state index < -0.39 is 0 Å². The average molecular weight is 412 g/mol. The van der Waals surface area contributed by atoms with Crippen LogP contribution in [0, 0.1) is 11.3 Å². The van der Waals surface area contributed by atoms with Crippen molar-refractivity contribution in [1.82, 2.24) is 24.7 Å². The Morgan fingerprint density at radius 2 is 2.00 bits per heavy atom. The van der Waals surface area contributed by atoms with Crippen molar-refractivity contribution in [1.29, 1.82) is 5.26 Å². The molecule has 132 valence electrons. The summed E-state index contributed by atoms with van der Waals surface area (Å²) in [5, 5.41) is 21.2. The summed E-state index contributed by atoms with van der Waals surface area (Å²) in [6.07, 6.45) is 1.40. The molecule has 1 aromatic carbocycles. The van der Waals surface area contributed by atoms with E-state index in [-0.39, 0.29) is 11.4 Å². The Hall–Kier alpha value is -2.93. The zero-order valence-corrected chi connectivity index (χ0v) is 16.0. The van der Waals surface area contributed by atoms with Crippen molar-refractivity contribution in [2.24, 2.45) is 0 Å². The van der Waals surface area contributed by atoms with Crippen LogP contribution in [-0.2, 0) is 0 Å². The quantitative estimate of drug-likeness (QED) is 0.505. The number of nitrogen functional groups attached to an aromatic ring is 1. The van der Waals surface area contributed by atoms with Crippen LogP contribution in [0.25, 0.3) is 16.4 Å². The van der Waals surface area contributed by atoms with Crippen LogP contribution < -0.4 is 5.73 Å². The van der Waals surface area contributed by atoms with Gasteiger partial charge in [0.25, 0.3) is 0 Å². The molecule has 0 spiro atoms. The van der Waals surface area contributed by atoms with Gasteiger partial charge < -0.3 is 5.73 Å². The van der Waals surface area contributed by atoms with E-state index in [4.69, 9.17) is 22.6 Å². The second-order valence-corrected chi connectivity index (χ2v) is 7.58. The fraction of sp³-hybridized carbons (Fsp3) is 0. The Morgan fingerprint density at radius 1 is 1.19 bits per heavy atom. The number of hydrogen-bond acceptors (Lipinski definition) is 8. The molecule has 2 N–H and O–H groups in total. The molecule has 4 aromatic rings. The normalized spacial score (nSPS) is 10.7. The summed E-state index contributed by atoms with van der Waals surface area (Å²) < 4.78 is 1.91. The van der Waals surface area contributed by atoms with Crippen molar-refractivity contribution in [3.63, 3.8) is 0 Å². The van der Waals surface area contributed by atoms with Gasteiger partial charge in [0.05, 0.1) is 11.1 Å². The van der Waals surface area contributed by atoms with E-state index in [1.807, 2.05) is 40.3 Å². The molecule has 0 bridgehead atoms. The predicted octanol–water partition coefficient (Wildman–Crippen LogP) is 4.04. The summed E-state index contributed by atoms with van der Waals surface area (Å²) >= 11 is 8.81. The van der Waals surface area contributed by atoms with Gasteiger partial charge in [-0.1, -0.05) is 17.7 Å². The minimum Gasteiger partial charge on any atom is -0.382 e. The van der Waals surface area contributed by atoms with Crippen molar-refractivity contribution in [2.75, 3.05) is 5.73 Å². The maximum atomic E-state index is 8.97. The molecule has 0 fully saturated rings. The average Bonchev–Trinajstić information content (AvgIpc) is 3.32. The number of thiophene rings is 1. The zero-order chi connectivity index (χ0) is 18.8. The molecule has 0 saturated carbocycles. The molecule has 7 nitrogen and oxygen atoms in total. The molecule has 0 radical (unpaired) electrons. The standard InChI is InChI=1S/C17H10ClN7S2/c18-11-3-5-12(6-4-11)25-15(13-2-1-7-26-13)23-24-17(25)27-16-21-9-10(8-19)14(20)22-16/h1-7,9H,(H2,20,21,22). The van der Waals surface area contributed by atoms with Gasteiger partial charge in [-0.2, -0.15) is 5.26 Å². The van der Waals surface area contributed by atoms with Gasteiger partial charge in [0.15, 0.2) is 11.0 Å². The van der Waals surface area contributed by atoms with E-state index in [1.165, 1.54) is 18.0 Å². The van der Waals surface area contributed by atoms with E-state index in [0.717, 1.165) is 10.6 Å². The molecule has 0 aliphatic carbocycles. The molecule has 10 heteroatoms. The molecule has 3 heterocycles. The van der Waals surface area contributed by atoms with Crippen LogP contribution in [-0.4, -0.2) is 24.7 Å². The summed E-state index contributed by atoms with van der Waals surface area (Å²) in [4.78, 5) is 9.32. The van der Waals surface area contributed by atoms with Crippen LogP contribution in [0.5, 0.6) is 0 Å². The highest BCUT2D eigenvalue weighted by molar-refractivity contribution is 7.99. The molecule has 0 atom stereocenters. The number of nitrogens with two attached hydrogens (primary N) is 1. The third-order valence-corrected chi connectivity index (χ3v) is 5.50. The highest BCUT2D eigenvalue weighted by atomic mass is 35.5. The van der Waals surface area contributed by atoms with E-state index in [1.54, 1.807) is 23.5 Å². The summed E-state index contributed by atoms with van der Waals surface area (Å²) in [5.41, 5.74) is 6.88. The smallest absolute Gasteiger partial charge is 0.203 e. The van der Waals surface area contributed by atoms with Gasteiger partial charge in [-0.3, -0.25) is 4.57 Å². The van der Waals surface area contributed by atoms with E-state index in [9.17, 15) is 0 Å². The molecular weight excluding hydrogens is 402 g/mol. The highest BCUT2D eigenvalue weighted by Gasteiger charge is 2.19. The summed E-state index contributed by atoms with van der Waals surface area (Å²) in [6, 6.07) is 13.3. The van der Waals surface area contributed by atoms with Crippen LogP contribution in [0.15, 0.2) is 58.3 Å². The van der Waals surface area contributed by atoms with Crippen molar-refractivity contribution in [2.45, 2.75) is 10.3 Å². The third-order valence-electron chi connectivity index (χ3n) is 3.56. The van der Waals surface area contributed by atoms with Crippen molar-refractivity contribution in [3.05, 3.63) is 58.6 Å². The summed E-state index contributed by atoms with van der Waals surface area (Å²) in [7, 11) is 0. The summed E-state index contributed by atoms with van der Waals surface area (Å²) in [5.74, 6) is 0.836. The fourth-order valence-corrected chi connectivity index (χ4v) is 3.92. The summed E-state index contributed by atoms with van der Waals surface area (Å²) in [6.45, 7) is 0. The van der Waals surface area contributed by atoms with Crippen LogP contribution in [0.1, 0.15) is 5.56 Å². The van der Waals surface area contributed by atoms with E-state index >= 15 is 0 Å². The van der Waals surface area contributed by atoms with Crippen LogP contribution >= 0.6 is 34.7 Å². The first-order valence-corrected chi connectivity index (χ1v) is 9.69. The lowest BCUT2D eigenvalue weighted by Gasteiger charge is -2.09. The SMILES string of the molecule is N#Cc1cnc(Sc2nnc(-c3cccs3)n2-c2ccc(Cl)cc2)nc1N. The highest BCUT2D eigenvalue weighted by Crippen LogP contribution is 2.33. The number of hydrogen-bond donors (Lipinski definition) is 1. The minimum absolute atomic E-state index is 0.131. The second kappa shape index (κ2) is 7.36. The lowest BCUT2D eigenvalue weighted by Crippen LogP contribution is -2.01. The molecule has 4 rings (SSSR count). The molecular formula is C17H10ClN7S2. The molecule has 27 heavy (non-hydrogen) atoms. The zero-order valence-electron chi connectivity index (χ0n) is 13.6. The first-order valence-electron chi connectivity index (χ1n) is 7.61. The molecule has 0 unspecified atom stereocenters. The van der Waals surface area contributed by atoms with Crippen LogP contribution in [0.4, 0.5) is 5.82 Å². The van der Waals surface area contributed by atoms with Crippen molar-refractivity contribution < 1.29 is 0 Å². The Balaban J connectivity index is 1.80. The van der Waals surface area contributed by atoms with Gasteiger partial charge in [0, 0.05) is 10.7 Å². The van der Waals surface area contributed by atoms with E-state index in [2.05, 4.69) is 20.2 Å². The molecule has 0 aliphatic rings. The topological polar surface area (TPSA) is 106 Å². The lowest BCUT2D eigenvalue weighted by molar-refractivity contribution is 0.873.